The SMILES string of the molecule is CCCCCCCCN=C(N)c1c(Nc2ccc(C(C)(C)C)cc2)c(C(=O)O)c(C(=O)NCCCCCCCC)c2c3c(NCCCCCCCC)cc(c(=O)[nH]c3=O)c12. The van der Waals surface area contributed by atoms with Gasteiger partial charge in [0.1, 0.15) is 5.84 Å². The van der Waals surface area contributed by atoms with E-state index in [0.29, 0.717) is 37.4 Å². The number of anilines is 3. The molecule has 0 aliphatic carbocycles. The second kappa shape index (κ2) is 23.8. The lowest BCUT2D eigenvalue weighted by Crippen LogP contribution is -2.29. The third-order valence-corrected chi connectivity index (χ3v) is 11.4. The molecule has 0 spiro atoms. The first-order valence-electron chi connectivity index (χ1n) is 22.8. The molecule has 0 aliphatic heterocycles. The Balaban J connectivity index is 2.01. The number of hydrogen-bond acceptors (Lipinski definition) is 7. The van der Waals surface area contributed by atoms with Crippen LogP contribution >= 0.6 is 0 Å². The van der Waals surface area contributed by atoms with Crippen molar-refractivity contribution < 1.29 is 14.7 Å². The number of nitrogens with two attached hydrogens (primary N) is 1. The molecule has 0 saturated heterocycles. The van der Waals surface area contributed by atoms with Gasteiger partial charge in [0.15, 0.2) is 0 Å². The highest BCUT2D eigenvalue weighted by molar-refractivity contribution is 6.32. The number of unbranched alkanes of at least 4 members (excludes halogenated alkanes) is 15. The number of nitrogens with one attached hydrogen (secondary N) is 4. The summed E-state index contributed by atoms with van der Waals surface area (Å²) < 4.78 is 0. The van der Waals surface area contributed by atoms with Crippen molar-refractivity contribution in [3.63, 3.8) is 0 Å². The highest BCUT2D eigenvalue weighted by Crippen LogP contribution is 2.42. The highest BCUT2D eigenvalue weighted by atomic mass is 16.4. The first-order valence-corrected chi connectivity index (χ1v) is 22.8. The predicted octanol–water partition coefficient (Wildman–Crippen LogP) is 11.1. The standard InChI is InChI=1S/C49H72N6O5/c1-7-10-13-16-19-22-29-51-36-32-35-37-39(38(36)47(58)55-45(35)56)40(46(57)53-31-24-21-18-15-12-9-3)42(48(59)60)43(54-34-27-25-33(26-28-34)49(4,5)6)41(37)44(50)52-30-23-20-17-14-11-8-2/h25-28,32,51,54H,7-24,29-31H2,1-6H3,(H2,50,52)(H,53,57)(H,59,60)(H,55,56,58). The number of carboxylic acid groups (broad SMARTS) is 1. The summed E-state index contributed by atoms with van der Waals surface area (Å²) in [6, 6.07) is 9.30. The van der Waals surface area contributed by atoms with Crippen LogP contribution in [0.5, 0.6) is 0 Å². The van der Waals surface area contributed by atoms with Crippen molar-refractivity contribution in [2.75, 3.05) is 30.3 Å². The molecule has 0 radical (unpaired) electrons. The number of H-pyrrole nitrogens is 1. The Bertz CT molecular complexity index is 2150. The van der Waals surface area contributed by atoms with Crippen molar-refractivity contribution in [1.29, 1.82) is 0 Å². The minimum absolute atomic E-state index is 0.0195. The summed E-state index contributed by atoms with van der Waals surface area (Å²) in [6.07, 6.45) is 18.7. The smallest absolute Gasteiger partial charge is 0.338 e. The van der Waals surface area contributed by atoms with Crippen LogP contribution in [0.1, 0.15) is 189 Å². The fourth-order valence-corrected chi connectivity index (χ4v) is 7.99. The highest BCUT2D eigenvalue weighted by Gasteiger charge is 2.33. The van der Waals surface area contributed by atoms with E-state index < -0.39 is 23.0 Å². The second-order valence-corrected chi connectivity index (χ2v) is 17.4. The van der Waals surface area contributed by atoms with Gasteiger partial charge in [0.2, 0.25) is 0 Å². The number of carboxylic acids is 1. The van der Waals surface area contributed by atoms with Crippen LogP contribution in [0.15, 0.2) is 44.9 Å². The maximum absolute atomic E-state index is 14.7. The maximum Gasteiger partial charge on any atom is 0.338 e. The van der Waals surface area contributed by atoms with Crippen molar-refractivity contribution in [2.24, 2.45) is 10.7 Å². The van der Waals surface area contributed by atoms with Crippen molar-refractivity contribution >= 4 is 56.3 Å². The molecule has 0 fully saturated rings. The summed E-state index contributed by atoms with van der Waals surface area (Å²) in [7, 11) is 0. The molecule has 0 saturated carbocycles. The molecule has 0 unspecified atom stereocenters. The van der Waals surface area contributed by atoms with Gasteiger partial charge < -0.3 is 26.8 Å². The molecule has 2 heterocycles. The van der Waals surface area contributed by atoms with Gasteiger partial charge in [0.05, 0.1) is 27.6 Å². The number of aliphatic imine (C=N–C) groups is 1. The zero-order valence-corrected chi connectivity index (χ0v) is 37.3. The van der Waals surface area contributed by atoms with Crippen LogP contribution in [-0.2, 0) is 5.41 Å². The van der Waals surface area contributed by atoms with Crippen LogP contribution in [0, 0.1) is 0 Å². The van der Waals surface area contributed by atoms with E-state index >= 15 is 0 Å². The molecule has 3 aromatic carbocycles. The number of benzene rings is 3. The molecule has 7 N–H and O–H groups in total. The van der Waals surface area contributed by atoms with Crippen molar-refractivity contribution in [3.8, 4) is 0 Å². The van der Waals surface area contributed by atoms with Gasteiger partial charge in [-0.15, -0.1) is 0 Å². The lowest BCUT2D eigenvalue weighted by molar-refractivity contribution is 0.0692. The van der Waals surface area contributed by atoms with E-state index in [0.717, 1.165) is 102 Å². The van der Waals surface area contributed by atoms with Gasteiger partial charge in [-0.05, 0) is 48.4 Å². The summed E-state index contributed by atoms with van der Waals surface area (Å²) in [6.45, 7) is 14.1. The number of amidine groups is 1. The van der Waals surface area contributed by atoms with Crippen LogP contribution in [0.4, 0.5) is 17.1 Å². The van der Waals surface area contributed by atoms with Gasteiger partial charge in [0, 0.05) is 47.3 Å². The lowest BCUT2D eigenvalue weighted by Gasteiger charge is -2.23. The Labute approximate surface area is 357 Å². The number of carbonyl (C=O) groups excluding carboxylic acids is 1. The van der Waals surface area contributed by atoms with Crippen molar-refractivity contribution in [3.05, 3.63) is 73.3 Å². The molecule has 5 aromatic rings. The van der Waals surface area contributed by atoms with Gasteiger partial charge >= 0.3 is 5.97 Å². The molecule has 328 valence electrons. The molecule has 60 heavy (non-hydrogen) atoms. The summed E-state index contributed by atoms with van der Waals surface area (Å²) >= 11 is 0. The van der Waals surface area contributed by atoms with Gasteiger partial charge in [-0.2, -0.15) is 0 Å². The molecule has 0 atom stereocenters. The van der Waals surface area contributed by atoms with Crippen LogP contribution in [0.3, 0.4) is 0 Å². The number of fused-ring (bicyclic) bond motifs is 3. The third-order valence-electron chi connectivity index (χ3n) is 11.4. The molecule has 11 nitrogen and oxygen atoms in total. The van der Waals surface area contributed by atoms with Crippen LogP contribution < -0.4 is 32.8 Å². The molecule has 5 rings (SSSR count). The summed E-state index contributed by atoms with van der Waals surface area (Å²) in [4.78, 5) is 64.0. The summed E-state index contributed by atoms with van der Waals surface area (Å²) in [5.74, 6) is -2.01. The van der Waals surface area contributed by atoms with E-state index in [1.807, 2.05) is 24.3 Å². The lowest BCUT2D eigenvalue weighted by atomic mass is 9.86. The minimum atomic E-state index is -1.38. The Hall–Kier alpha value is -4.93. The molecule has 2 bridgehead atoms. The van der Waals surface area contributed by atoms with E-state index in [4.69, 9.17) is 10.7 Å². The average Bonchev–Trinajstić information content (AvgIpc) is 3.39. The molecular weight excluding hydrogens is 753 g/mol. The Morgan fingerprint density at radius 1 is 0.683 bits per heavy atom. The van der Waals surface area contributed by atoms with Gasteiger partial charge in [-0.3, -0.25) is 24.4 Å². The summed E-state index contributed by atoms with van der Waals surface area (Å²) in [5, 5.41) is 21.3. The monoisotopic (exact) mass is 825 g/mol. The number of nitrogens with zero attached hydrogens (tertiary/aromatic N) is 1. The zero-order chi connectivity index (χ0) is 43.7. The first-order chi connectivity index (χ1) is 28.8. The maximum atomic E-state index is 14.7. The van der Waals surface area contributed by atoms with Gasteiger partial charge in [-0.1, -0.05) is 150 Å². The topological polar surface area (TPSA) is 179 Å². The number of rotatable bonds is 27. The van der Waals surface area contributed by atoms with Crippen molar-refractivity contribution in [2.45, 2.75) is 163 Å². The van der Waals surface area contributed by atoms with Crippen molar-refractivity contribution in [1.82, 2.24) is 10.3 Å². The minimum Gasteiger partial charge on any atom is -0.478 e. The number of aromatic nitrogens is 1. The number of carbonyl (C=O) groups is 2. The van der Waals surface area contributed by atoms with E-state index in [1.54, 1.807) is 6.07 Å². The van der Waals surface area contributed by atoms with Crippen LogP contribution in [0.2, 0.25) is 0 Å². The second-order valence-electron chi connectivity index (χ2n) is 17.4. The van der Waals surface area contributed by atoms with E-state index in [1.165, 1.54) is 12.8 Å². The number of aromatic carboxylic acids is 1. The largest absolute Gasteiger partial charge is 0.478 e. The fourth-order valence-electron chi connectivity index (χ4n) is 7.99. The fraction of sp³-hybridized carbons (Fsp3) is 0.571. The molecule has 1 amide bonds. The van der Waals surface area contributed by atoms with Crippen LogP contribution in [0.25, 0.3) is 21.5 Å². The van der Waals surface area contributed by atoms with E-state index in [-0.39, 0.29) is 55.2 Å². The molecular formula is C49H72N6O5. The van der Waals surface area contributed by atoms with E-state index in [9.17, 15) is 24.3 Å². The Kier molecular flexibility index (Phi) is 18.9. The Morgan fingerprint density at radius 2 is 1.23 bits per heavy atom. The number of aromatic amines is 1. The quantitative estimate of drug-likeness (QED) is 0.0195. The van der Waals surface area contributed by atoms with Crippen LogP contribution in [-0.4, -0.2) is 47.4 Å². The van der Waals surface area contributed by atoms with Gasteiger partial charge in [0.25, 0.3) is 17.0 Å². The molecule has 0 aliphatic rings. The average molecular weight is 825 g/mol. The molecule has 11 heteroatoms. The number of hydrogen-bond donors (Lipinski definition) is 6. The zero-order valence-electron chi connectivity index (χ0n) is 37.3. The first kappa shape index (κ1) is 47.7. The normalized spacial score (nSPS) is 12.1. The van der Waals surface area contributed by atoms with E-state index in [2.05, 4.69) is 62.5 Å². The predicted molar refractivity (Wildman–Crippen MR) is 251 cm³/mol. The third kappa shape index (κ3) is 12.8. The summed E-state index contributed by atoms with van der Waals surface area (Å²) in [5.41, 5.74) is 7.09. The molecule has 2 aromatic heterocycles. The Morgan fingerprint density at radius 3 is 1.80 bits per heavy atom. The number of amides is 1. The van der Waals surface area contributed by atoms with Gasteiger partial charge in [-0.25, -0.2) is 4.79 Å².